The number of rotatable bonds is 11. The van der Waals surface area contributed by atoms with E-state index >= 15 is 0 Å². The summed E-state index contributed by atoms with van der Waals surface area (Å²) in [7, 11) is 0. The first-order valence-corrected chi connectivity index (χ1v) is 13.1. The van der Waals surface area contributed by atoms with Crippen molar-refractivity contribution in [2.75, 3.05) is 26.3 Å². The average molecular weight is 481 g/mol. The molecule has 3 aliphatic rings. The summed E-state index contributed by atoms with van der Waals surface area (Å²) in [6.45, 7) is 14.7. The highest BCUT2D eigenvalue weighted by Gasteiger charge is 2.78. The van der Waals surface area contributed by atoms with Crippen molar-refractivity contribution in [3.8, 4) is 0 Å². The molecule has 33 heavy (non-hydrogen) atoms. The van der Waals surface area contributed by atoms with Gasteiger partial charge in [0, 0.05) is 17.8 Å². The summed E-state index contributed by atoms with van der Waals surface area (Å²) in [5.41, 5.74) is 0. The van der Waals surface area contributed by atoms with Crippen molar-refractivity contribution in [3.05, 3.63) is 12.7 Å². The number of aliphatic hydroxyl groups is 1. The molecule has 2 amide bonds. The topological polar surface area (TPSA) is 87.2 Å². The molecule has 1 spiro atoms. The zero-order valence-electron chi connectivity index (χ0n) is 20.7. The molecule has 186 valence electrons. The average Bonchev–Trinajstić information content (AvgIpc) is 3.32. The number of hydrogen-bond donors (Lipinski definition) is 1. The summed E-state index contributed by atoms with van der Waals surface area (Å²) < 4.78 is 4.30. The molecular weight excluding hydrogens is 440 g/mol. The lowest BCUT2D eigenvalue weighted by Gasteiger charge is -2.40. The number of hydrogen-bond acceptors (Lipinski definition) is 6. The van der Waals surface area contributed by atoms with Gasteiger partial charge in [-0.15, -0.1) is 18.3 Å². The maximum atomic E-state index is 14.1. The van der Waals surface area contributed by atoms with E-state index < -0.39 is 33.4 Å². The van der Waals surface area contributed by atoms with E-state index in [9.17, 15) is 19.5 Å². The normalized spacial score (nSPS) is 33.4. The van der Waals surface area contributed by atoms with Gasteiger partial charge in [-0.1, -0.05) is 33.3 Å². The van der Waals surface area contributed by atoms with Gasteiger partial charge in [-0.05, 0) is 39.0 Å². The number of carbonyl (C=O) groups excluding carboxylic acids is 3. The van der Waals surface area contributed by atoms with Crippen molar-refractivity contribution in [1.29, 1.82) is 0 Å². The molecule has 3 rings (SSSR count). The van der Waals surface area contributed by atoms with Gasteiger partial charge in [-0.2, -0.15) is 0 Å². The molecule has 0 aromatic rings. The Morgan fingerprint density at radius 2 is 2.06 bits per heavy atom. The lowest BCUT2D eigenvalue weighted by atomic mass is 9.66. The van der Waals surface area contributed by atoms with Gasteiger partial charge in [-0.25, -0.2) is 0 Å². The number of thioether (sulfide) groups is 1. The minimum atomic E-state index is -0.711. The SMILES string of the molecule is C=CCN(CCCC)C(=O)C1N([C@@H](CO)C(C)C)C(=O)[C@@H]2[C@H](C(=O)OCC)[C@]3(C)CCC12S3. The van der Waals surface area contributed by atoms with Gasteiger partial charge in [0.1, 0.15) is 6.04 Å². The van der Waals surface area contributed by atoms with Gasteiger partial charge >= 0.3 is 5.97 Å². The van der Waals surface area contributed by atoms with Crippen LogP contribution in [0.1, 0.15) is 60.3 Å². The smallest absolute Gasteiger partial charge is 0.311 e. The maximum absolute atomic E-state index is 14.1. The van der Waals surface area contributed by atoms with Crippen LogP contribution in [0, 0.1) is 17.8 Å². The Hall–Kier alpha value is -1.54. The summed E-state index contributed by atoms with van der Waals surface area (Å²) in [5.74, 6) is -1.87. The predicted octanol–water partition coefficient (Wildman–Crippen LogP) is 2.86. The number of likely N-dealkylation sites (tertiary alicyclic amines) is 1. The standard InChI is InChI=1S/C25H40N2O5S/c1-7-10-14-26(13-8-2)22(30)20-25-12-11-24(6,33-25)19(23(31)32-9-3)18(25)21(29)27(20)17(15-28)16(4)5/h8,16-20,28H,2,7,9-15H2,1,3-6H3/t17-,18-,19+,20?,24-,25?/m0/s1. The largest absolute Gasteiger partial charge is 0.466 e. The summed E-state index contributed by atoms with van der Waals surface area (Å²) in [6.07, 6.45) is 4.98. The number of esters is 1. The molecule has 0 aliphatic carbocycles. The Bertz CT molecular complexity index is 789. The van der Waals surface area contributed by atoms with Crippen molar-refractivity contribution in [1.82, 2.24) is 9.80 Å². The Morgan fingerprint density at radius 1 is 1.36 bits per heavy atom. The zero-order valence-corrected chi connectivity index (χ0v) is 21.5. The van der Waals surface area contributed by atoms with E-state index in [1.54, 1.807) is 34.6 Å². The van der Waals surface area contributed by atoms with Crippen LogP contribution in [0.15, 0.2) is 12.7 Å². The van der Waals surface area contributed by atoms with Crippen LogP contribution < -0.4 is 0 Å². The monoisotopic (exact) mass is 480 g/mol. The number of unbranched alkanes of at least 4 members (excludes halogenated alkanes) is 1. The molecule has 0 radical (unpaired) electrons. The highest BCUT2D eigenvalue weighted by atomic mass is 32.2. The Balaban J connectivity index is 2.12. The summed E-state index contributed by atoms with van der Waals surface area (Å²) >= 11 is 1.64. The second-order valence-corrected chi connectivity index (χ2v) is 12.0. The second-order valence-electron chi connectivity index (χ2n) is 10.1. The summed E-state index contributed by atoms with van der Waals surface area (Å²) in [4.78, 5) is 44.7. The third kappa shape index (κ3) is 4.11. The van der Waals surface area contributed by atoms with E-state index in [-0.39, 0.29) is 36.9 Å². The first kappa shape index (κ1) is 26.1. The van der Waals surface area contributed by atoms with E-state index in [0.29, 0.717) is 19.5 Å². The molecule has 0 aromatic carbocycles. The van der Waals surface area contributed by atoms with E-state index in [2.05, 4.69) is 13.5 Å². The van der Waals surface area contributed by atoms with Crippen LogP contribution in [0.5, 0.6) is 0 Å². The first-order valence-electron chi connectivity index (χ1n) is 12.3. The summed E-state index contributed by atoms with van der Waals surface area (Å²) in [5, 5.41) is 10.3. The van der Waals surface area contributed by atoms with Crippen molar-refractivity contribution >= 4 is 29.5 Å². The maximum Gasteiger partial charge on any atom is 0.311 e. The molecule has 0 aromatic heterocycles. The minimum Gasteiger partial charge on any atom is -0.466 e. The molecule has 8 heteroatoms. The van der Waals surface area contributed by atoms with Crippen molar-refractivity contribution in [3.63, 3.8) is 0 Å². The molecule has 7 nitrogen and oxygen atoms in total. The van der Waals surface area contributed by atoms with Crippen LogP contribution in [0.4, 0.5) is 0 Å². The van der Waals surface area contributed by atoms with E-state index in [0.717, 1.165) is 19.3 Å². The van der Waals surface area contributed by atoms with Crippen LogP contribution in [0.3, 0.4) is 0 Å². The van der Waals surface area contributed by atoms with Crippen molar-refractivity contribution < 1.29 is 24.2 Å². The quantitative estimate of drug-likeness (QED) is 0.361. The number of nitrogens with zero attached hydrogens (tertiary/aromatic N) is 2. The predicted molar refractivity (Wildman–Crippen MR) is 130 cm³/mol. The molecule has 2 bridgehead atoms. The van der Waals surface area contributed by atoms with E-state index in [1.165, 1.54) is 0 Å². The van der Waals surface area contributed by atoms with Crippen LogP contribution in [0.25, 0.3) is 0 Å². The Morgan fingerprint density at radius 3 is 2.61 bits per heavy atom. The molecule has 0 saturated carbocycles. The van der Waals surface area contributed by atoms with E-state index in [4.69, 9.17) is 4.74 Å². The molecule has 1 N–H and O–H groups in total. The number of amides is 2. The number of fused-ring (bicyclic) bond motifs is 1. The van der Waals surface area contributed by atoms with Crippen LogP contribution >= 0.6 is 11.8 Å². The zero-order chi connectivity index (χ0) is 24.6. The van der Waals surface area contributed by atoms with Crippen LogP contribution in [-0.2, 0) is 19.1 Å². The lowest BCUT2D eigenvalue weighted by Crippen LogP contribution is -2.58. The third-order valence-electron chi connectivity index (χ3n) is 7.75. The summed E-state index contributed by atoms with van der Waals surface area (Å²) in [6, 6.07) is -1.20. The molecule has 6 atom stereocenters. The Kier molecular flexibility index (Phi) is 7.89. The molecule has 2 unspecified atom stereocenters. The second kappa shape index (κ2) is 9.98. The third-order valence-corrected chi connectivity index (χ3v) is 9.73. The van der Waals surface area contributed by atoms with Gasteiger partial charge in [-0.3, -0.25) is 14.4 Å². The van der Waals surface area contributed by atoms with Gasteiger partial charge < -0.3 is 19.6 Å². The molecular formula is C25H40N2O5S. The van der Waals surface area contributed by atoms with Crippen molar-refractivity contribution in [2.24, 2.45) is 17.8 Å². The number of aliphatic hydroxyl groups excluding tert-OH is 1. The lowest BCUT2D eigenvalue weighted by molar-refractivity contribution is -0.155. The molecule has 3 heterocycles. The van der Waals surface area contributed by atoms with Gasteiger partial charge in [0.05, 0.1) is 35.8 Å². The Labute approximate surface area is 202 Å². The molecule has 3 fully saturated rings. The highest BCUT2D eigenvalue weighted by Crippen LogP contribution is 2.71. The fourth-order valence-corrected chi connectivity index (χ4v) is 8.50. The van der Waals surface area contributed by atoms with Crippen LogP contribution in [0.2, 0.25) is 0 Å². The van der Waals surface area contributed by atoms with Gasteiger partial charge in [0.2, 0.25) is 11.8 Å². The van der Waals surface area contributed by atoms with Gasteiger partial charge in [0.15, 0.2) is 0 Å². The fourth-order valence-electron chi connectivity index (χ4n) is 6.18. The molecule has 3 aliphatic heterocycles. The first-order chi connectivity index (χ1) is 15.6. The number of ether oxygens (including phenoxy) is 1. The van der Waals surface area contributed by atoms with E-state index in [1.807, 2.05) is 20.8 Å². The number of carbonyl (C=O) groups is 3. The van der Waals surface area contributed by atoms with Crippen LogP contribution in [-0.4, -0.2) is 80.6 Å². The van der Waals surface area contributed by atoms with Gasteiger partial charge in [0.25, 0.3) is 0 Å². The molecule has 3 saturated heterocycles. The fraction of sp³-hybridized carbons (Fsp3) is 0.800. The minimum absolute atomic E-state index is 0.0354. The van der Waals surface area contributed by atoms with Crippen molar-refractivity contribution in [2.45, 2.75) is 81.9 Å². The highest BCUT2D eigenvalue weighted by molar-refractivity contribution is 8.02.